The number of fused-ring (bicyclic) bond motifs is 2. The van der Waals surface area contributed by atoms with Crippen LogP contribution in [0.4, 0.5) is 4.79 Å². The molecule has 0 spiro atoms. The molecule has 0 radical (unpaired) electrons. The van der Waals surface area contributed by atoms with Gasteiger partial charge in [0, 0.05) is 12.1 Å². The standard InChI is InChI=1S/C15H23NO4/c1-15(2,3)20-14(19)16-11-5-6-12(16)9-10(8-11)4-7-13(17)18/h4,11-12H,5-9H2,1-3H3,(H,17,18). The largest absolute Gasteiger partial charge is 0.481 e. The van der Waals surface area contributed by atoms with Gasteiger partial charge in [0.05, 0.1) is 6.42 Å². The Morgan fingerprint density at radius 3 is 2.30 bits per heavy atom. The van der Waals surface area contributed by atoms with E-state index < -0.39 is 11.6 Å². The predicted octanol–water partition coefficient (Wildman–Crippen LogP) is 2.95. The number of amides is 1. The molecule has 2 heterocycles. The van der Waals surface area contributed by atoms with E-state index in [1.54, 1.807) is 6.08 Å². The van der Waals surface area contributed by atoms with Gasteiger partial charge in [-0.3, -0.25) is 4.79 Å². The Bertz CT molecular complexity index is 420. The second kappa shape index (κ2) is 5.46. The zero-order chi connectivity index (χ0) is 14.9. The summed E-state index contributed by atoms with van der Waals surface area (Å²) in [6, 6.07) is 0.340. The molecule has 2 saturated heterocycles. The number of piperidine rings is 1. The van der Waals surface area contributed by atoms with Gasteiger partial charge >= 0.3 is 12.1 Å². The molecular weight excluding hydrogens is 258 g/mol. The Hall–Kier alpha value is -1.52. The van der Waals surface area contributed by atoms with Crippen molar-refractivity contribution in [3.63, 3.8) is 0 Å². The first-order valence-electron chi connectivity index (χ1n) is 7.17. The highest BCUT2D eigenvalue weighted by Crippen LogP contribution is 2.39. The third-order valence-electron chi connectivity index (χ3n) is 3.79. The second-order valence-corrected chi connectivity index (χ2v) is 6.64. The molecule has 2 fully saturated rings. The number of carboxylic acid groups (broad SMARTS) is 1. The maximum absolute atomic E-state index is 12.2. The average molecular weight is 281 g/mol. The zero-order valence-electron chi connectivity index (χ0n) is 12.4. The molecule has 2 rings (SSSR count). The predicted molar refractivity (Wildman–Crippen MR) is 74.5 cm³/mol. The fourth-order valence-corrected chi connectivity index (χ4v) is 3.06. The number of rotatable bonds is 2. The minimum absolute atomic E-state index is 0.0706. The summed E-state index contributed by atoms with van der Waals surface area (Å²) in [5.41, 5.74) is 0.690. The minimum Gasteiger partial charge on any atom is -0.481 e. The highest BCUT2D eigenvalue weighted by molar-refractivity contribution is 5.70. The summed E-state index contributed by atoms with van der Waals surface area (Å²) in [6.45, 7) is 5.61. The summed E-state index contributed by atoms with van der Waals surface area (Å²) in [6.07, 6.45) is 5.16. The van der Waals surface area contributed by atoms with E-state index >= 15 is 0 Å². The molecule has 2 atom stereocenters. The number of nitrogens with zero attached hydrogens (tertiary/aromatic N) is 1. The van der Waals surface area contributed by atoms with Crippen LogP contribution in [0.3, 0.4) is 0 Å². The number of hydrogen-bond donors (Lipinski definition) is 1. The Morgan fingerprint density at radius 1 is 1.30 bits per heavy atom. The highest BCUT2D eigenvalue weighted by atomic mass is 16.6. The van der Waals surface area contributed by atoms with Crippen LogP contribution in [0.15, 0.2) is 11.6 Å². The van der Waals surface area contributed by atoms with Crippen molar-refractivity contribution in [3.8, 4) is 0 Å². The van der Waals surface area contributed by atoms with Crippen molar-refractivity contribution in [2.24, 2.45) is 0 Å². The van der Waals surface area contributed by atoms with Gasteiger partial charge in [-0.2, -0.15) is 0 Å². The molecular formula is C15H23NO4. The van der Waals surface area contributed by atoms with Gasteiger partial charge in [-0.1, -0.05) is 11.6 Å². The zero-order valence-corrected chi connectivity index (χ0v) is 12.4. The van der Waals surface area contributed by atoms with E-state index in [0.717, 1.165) is 25.7 Å². The number of hydrogen-bond acceptors (Lipinski definition) is 3. The molecule has 0 saturated carbocycles. The van der Waals surface area contributed by atoms with Crippen LogP contribution in [0.2, 0.25) is 0 Å². The number of carboxylic acids is 1. The van der Waals surface area contributed by atoms with Crippen LogP contribution in [-0.2, 0) is 9.53 Å². The molecule has 0 aromatic heterocycles. The van der Waals surface area contributed by atoms with Gasteiger partial charge in [-0.05, 0) is 46.5 Å². The van der Waals surface area contributed by atoms with Gasteiger partial charge in [0.25, 0.3) is 0 Å². The summed E-state index contributed by atoms with van der Waals surface area (Å²) >= 11 is 0. The van der Waals surface area contributed by atoms with E-state index in [1.807, 2.05) is 25.7 Å². The van der Waals surface area contributed by atoms with Crippen molar-refractivity contribution in [1.29, 1.82) is 0 Å². The minimum atomic E-state index is -0.806. The molecule has 2 bridgehead atoms. The molecule has 0 aromatic carbocycles. The lowest BCUT2D eigenvalue weighted by molar-refractivity contribution is -0.136. The van der Waals surface area contributed by atoms with E-state index in [9.17, 15) is 9.59 Å². The third-order valence-corrected chi connectivity index (χ3v) is 3.79. The summed E-state index contributed by atoms with van der Waals surface area (Å²) in [5, 5.41) is 8.73. The number of ether oxygens (including phenoxy) is 1. The van der Waals surface area contributed by atoms with Gasteiger partial charge in [-0.15, -0.1) is 0 Å². The van der Waals surface area contributed by atoms with E-state index in [4.69, 9.17) is 9.84 Å². The molecule has 1 amide bonds. The van der Waals surface area contributed by atoms with Crippen LogP contribution >= 0.6 is 0 Å². The maximum atomic E-state index is 12.2. The molecule has 5 nitrogen and oxygen atoms in total. The molecule has 2 unspecified atom stereocenters. The van der Waals surface area contributed by atoms with Crippen molar-refractivity contribution in [2.75, 3.05) is 0 Å². The van der Waals surface area contributed by atoms with E-state index in [2.05, 4.69) is 0 Å². The first-order chi connectivity index (χ1) is 9.26. The molecule has 2 aliphatic rings. The van der Waals surface area contributed by atoms with Gasteiger partial charge in [0.2, 0.25) is 0 Å². The molecule has 112 valence electrons. The monoisotopic (exact) mass is 281 g/mol. The van der Waals surface area contributed by atoms with Crippen molar-refractivity contribution in [2.45, 2.75) is 70.6 Å². The fraction of sp³-hybridized carbons (Fsp3) is 0.733. The fourth-order valence-electron chi connectivity index (χ4n) is 3.06. The second-order valence-electron chi connectivity index (χ2n) is 6.64. The van der Waals surface area contributed by atoms with Crippen molar-refractivity contribution in [1.82, 2.24) is 4.90 Å². The van der Waals surface area contributed by atoms with E-state index in [1.165, 1.54) is 5.57 Å². The number of carbonyl (C=O) groups is 2. The van der Waals surface area contributed by atoms with Crippen LogP contribution in [0.5, 0.6) is 0 Å². The quantitative estimate of drug-likeness (QED) is 0.790. The summed E-state index contributed by atoms with van der Waals surface area (Å²) in [7, 11) is 0. The van der Waals surface area contributed by atoms with E-state index in [-0.39, 0.29) is 24.6 Å². The number of aliphatic carboxylic acids is 1. The van der Waals surface area contributed by atoms with Crippen LogP contribution in [0.1, 0.15) is 52.9 Å². The van der Waals surface area contributed by atoms with Crippen LogP contribution in [-0.4, -0.2) is 39.8 Å². The van der Waals surface area contributed by atoms with Gasteiger partial charge in [0.1, 0.15) is 5.60 Å². The van der Waals surface area contributed by atoms with Gasteiger partial charge in [0.15, 0.2) is 0 Å². The third kappa shape index (κ3) is 3.52. The summed E-state index contributed by atoms with van der Waals surface area (Å²) in [4.78, 5) is 24.7. The normalized spacial score (nSPS) is 25.6. The van der Waals surface area contributed by atoms with Crippen LogP contribution in [0.25, 0.3) is 0 Å². The SMILES string of the molecule is CC(C)(C)OC(=O)N1C2CCC1CC(=CCC(=O)O)C2. The van der Waals surface area contributed by atoms with Crippen LogP contribution in [0, 0.1) is 0 Å². The molecule has 20 heavy (non-hydrogen) atoms. The lowest BCUT2D eigenvalue weighted by Crippen LogP contribution is -2.47. The lowest BCUT2D eigenvalue weighted by atomic mass is 9.96. The first kappa shape index (κ1) is 14.9. The van der Waals surface area contributed by atoms with Crippen molar-refractivity contribution >= 4 is 12.1 Å². The Balaban J connectivity index is 2.02. The van der Waals surface area contributed by atoms with Crippen molar-refractivity contribution in [3.05, 3.63) is 11.6 Å². The lowest BCUT2D eigenvalue weighted by Gasteiger charge is -2.37. The molecule has 0 aromatic rings. The maximum Gasteiger partial charge on any atom is 0.410 e. The van der Waals surface area contributed by atoms with Gasteiger partial charge in [-0.25, -0.2) is 4.79 Å². The number of carbonyl (C=O) groups excluding carboxylic acids is 1. The Labute approximate surface area is 119 Å². The van der Waals surface area contributed by atoms with E-state index in [0.29, 0.717) is 0 Å². The van der Waals surface area contributed by atoms with Crippen molar-refractivity contribution < 1.29 is 19.4 Å². The average Bonchev–Trinajstić information content (AvgIpc) is 2.56. The highest BCUT2D eigenvalue weighted by Gasteiger charge is 2.42. The first-order valence-corrected chi connectivity index (χ1v) is 7.17. The topological polar surface area (TPSA) is 66.8 Å². The smallest absolute Gasteiger partial charge is 0.410 e. The Morgan fingerprint density at radius 2 is 1.85 bits per heavy atom. The summed E-state index contributed by atoms with van der Waals surface area (Å²) < 4.78 is 5.46. The summed E-state index contributed by atoms with van der Waals surface area (Å²) in [5.74, 6) is -0.806. The molecule has 0 aliphatic carbocycles. The molecule has 1 N–H and O–H groups in total. The van der Waals surface area contributed by atoms with Gasteiger partial charge < -0.3 is 14.7 Å². The molecule has 5 heteroatoms. The Kier molecular flexibility index (Phi) is 4.06. The molecule has 2 aliphatic heterocycles. The van der Waals surface area contributed by atoms with Crippen LogP contribution < -0.4 is 0 Å².